The lowest BCUT2D eigenvalue weighted by Crippen LogP contribution is -2.48. The van der Waals surface area contributed by atoms with Gasteiger partial charge in [0.1, 0.15) is 10.3 Å². The fraction of sp³-hybridized carbons (Fsp3) is 0.368. The predicted octanol–water partition coefficient (Wildman–Crippen LogP) is 1.96. The van der Waals surface area contributed by atoms with Gasteiger partial charge in [0.25, 0.3) is 10.0 Å². The van der Waals surface area contributed by atoms with Crippen LogP contribution < -0.4 is 5.32 Å². The number of rotatable bonds is 7. The van der Waals surface area contributed by atoms with E-state index in [-0.39, 0.29) is 25.4 Å². The minimum Gasteiger partial charge on any atom is -0.480 e. The molecule has 0 saturated carbocycles. The maximum atomic E-state index is 12.6. The van der Waals surface area contributed by atoms with Crippen LogP contribution >= 0.6 is 11.3 Å². The maximum Gasteiger partial charge on any atom is 0.326 e. The van der Waals surface area contributed by atoms with Crippen LogP contribution in [0.2, 0.25) is 0 Å². The number of amides is 1. The summed E-state index contributed by atoms with van der Waals surface area (Å²) in [4.78, 5) is 24.1. The summed E-state index contributed by atoms with van der Waals surface area (Å²) in [5.41, 5.74) is 0.826. The van der Waals surface area contributed by atoms with E-state index in [1.165, 1.54) is 15.6 Å². The largest absolute Gasteiger partial charge is 0.480 e. The number of nitrogens with zero attached hydrogens (tertiary/aromatic N) is 1. The summed E-state index contributed by atoms with van der Waals surface area (Å²) in [6, 6.07) is 11.4. The first kappa shape index (κ1) is 20.5. The van der Waals surface area contributed by atoms with Crippen molar-refractivity contribution in [1.82, 2.24) is 9.62 Å². The molecule has 0 aliphatic carbocycles. The molecule has 0 radical (unpaired) electrons. The average molecular weight is 423 g/mol. The van der Waals surface area contributed by atoms with Crippen LogP contribution in [0.3, 0.4) is 0 Å². The van der Waals surface area contributed by atoms with Gasteiger partial charge in [0.15, 0.2) is 0 Å². The van der Waals surface area contributed by atoms with Gasteiger partial charge in [0.2, 0.25) is 5.91 Å². The van der Waals surface area contributed by atoms with E-state index < -0.39 is 28.0 Å². The molecule has 0 bridgehead atoms. The average Bonchev–Trinajstić information content (AvgIpc) is 3.24. The number of piperidine rings is 1. The van der Waals surface area contributed by atoms with Gasteiger partial charge in [-0.15, -0.1) is 11.3 Å². The Hall–Kier alpha value is -2.23. The summed E-state index contributed by atoms with van der Waals surface area (Å²) in [5, 5.41) is 13.8. The van der Waals surface area contributed by atoms with Crippen molar-refractivity contribution in [2.24, 2.45) is 5.92 Å². The van der Waals surface area contributed by atoms with Gasteiger partial charge in [-0.1, -0.05) is 36.4 Å². The number of thiophene rings is 1. The molecule has 9 heteroatoms. The van der Waals surface area contributed by atoms with Crippen molar-refractivity contribution in [2.45, 2.75) is 29.5 Å². The molecule has 1 atom stereocenters. The Morgan fingerprint density at radius 2 is 1.82 bits per heavy atom. The highest BCUT2D eigenvalue weighted by molar-refractivity contribution is 7.91. The van der Waals surface area contributed by atoms with Crippen LogP contribution in [0.4, 0.5) is 0 Å². The minimum atomic E-state index is -3.52. The third-order valence-electron chi connectivity index (χ3n) is 4.81. The van der Waals surface area contributed by atoms with Crippen LogP contribution in [0.1, 0.15) is 18.4 Å². The Morgan fingerprint density at radius 3 is 2.39 bits per heavy atom. The summed E-state index contributed by atoms with van der Waals surface area (Å²) in [7, 11) is -3.52. The molecule has 1 aliphatic rings. The zero-order valence-corrected chi connectivity index (χ0v) is 16.8. The van der Waals surface area contributed by atoms with E-state index in [1.807, 2.05) is 30.3 Å². The molecule has 1 aliphatic heterocycles. The Kier molecular flexibility index (Phi) is 6.48. The van der Waals surface area contributed by atoms with Gasteiger partial charge >= 0.3 is 5.97 Å². The molecule has 28 heavy (non-hydrogen) atoms. The third-order valence-corrected chi connectivity index (χ3v) is 8.08. The molecule has 3 rings (SSSR count). The van der Waals surface area contributed by atoms with E-state index in [1.54, 1.807) is 17.5 Å². The molecular formula is C19H22N2O5S2. The zero-order valence-electron chi connectivity index (χ0n) is 15.2. The normalized spacial score (nSPS) is 17.1. The molecule has 150 valence electrons. The molecule has 0 spiro atoms. The van der Waals surface area contributed by atoms with Crippen LogP contribution in [-0.2, 0) is 26.0 Å². The van der Waals surface area contributed by atoms with Crippen molar-refractivity contribution in [3.63, 3.8) is 0 Å². The van der Waals surface area contributed by atoms with Crippen LogP contribution in [0.15, 0.2) is 52.1 Å². The monoisotopic (exact) mass is 422 g/mol. The number of carbonyl (C=O) groups excluding carboxylic acids is 1. The number of nitrogens with one attached hydrogen (secondary N) is 1. The van der Waals surface area contributed by atoms with Crippen molar-refractivity contribution in [1.29, 1.82) is 0 Å². The molecule has 2 N–H and O–H groups in total. The molecule has 7 nitrogen and oxygen atoms in total. The lowest BCUT2D eigenvalue weighted by Gasteiger charge is -2.30. The summed E-state index contributed by atoms with van der Waals surface area (Å²) in [6.45, 7) is 0.490. The topological polar surface area (TPSA) is 104 Å². The number of carboxylic acid groups (broad SMARTS) is 1. The van der Waals surface area contributed by atoms with Gasteiger partial charge in [0.05, 0.1) is 0 Å². The minimum absolute atomic E-state index is 0.202. The summed E-state index contributed by atoms with van der Waals surface area (Å²) in [6.07, 6.45) is 0.940. The lowest BCUT2D eigenvalue weighted by atomic mass is 9.96. The van der Waals surface area contributed by atoms with E-state index in [4.69, 9.17) is 0 Å². The van der Waals surface area contributed by atoms with Crippen LogP contribution in [0.25, 0.3) is 0 Å². The second-order valence-corrected chi connectivity index (χ2v) is 9.81. The van der Waals surface area contributed by atoms with Crippen LogP contribution in [0.5, 0.6) is 0 Å². The van der Waals surface area contributed by atoms with E-state index in [2.05, 4.69) is 5.32 Å². The van der Waals surface area contributed by atoms with Crippen molar-refractivity contribution < 1.29 is 23.1 Å². The smallest absolute Gasteiger partial charge is 0.326 e. The molecule has 2 aromatic rings. The van der Waals surface area contributed by atoms with Crippen molar-refractivity contribution in [2.75, 3.05) is 13.1 Å². The Labute approximate surface area is 168 Å². The van der Waals surface area contributed by atoms with Gasteiger partial charge < -0.3 is 10.4 Å². The van der Waals surface area contributed by atoms with E-state index in [9.17, 15) is 23.1 Å². The zero-order chi connectivity index (χ0) is 20.1. The van der Waals surface area contributed by atoms with Crippen LogP contribution in [0, 0.1) is 5.92 Å². The summed E-state index contributed by atoms with van der Waals surface area (Å²) in [5.74, 6) is -1.82. The quantitative estimate of drug-likeness (QED) is 0.710. The summed E-state index contributed by atoms with van der Waals surface area (Å²) >= 11 is 1.17. The van der Waals surface area contributed by atoms with Gasteiger partial charge in [-0.2, -0.15) is 4.31 Å². The van der Waals surface area contributed by atoms with E-state index in [0.717, 1.165) is 5.56 Å². The van der Waals surface area contributed by atoms with Gasteiger partial charge in [-0.05, 0) is 29.9 Å². The fourth-order valence-electron chi connectivity index (χ4n) is 3.24. The molecule has 1 aromatic carbocycles. The number of carboxylic acids is 1. The third kappa shape index (κ3) is 4.78. The highest BCUT2D eigenvalue weighted by Gasteiger charge is 2.33. The molecule has 2 heterocycles. The van der Waals surface area contributed by atoms with E-state index in [0.29, 0.717) is 17.1 Å². The Bertz CT molecular complexity index is 905. The number of aliphatic carboxylic acids is 1. The van der Waals surface area contributed by atoms with Crippen molar-refractivity contribution >= 4 is 33.2 Å². The number of sulfonamides is 1. The maximum absolute atomic E-state index is 12.6. The van der Waals surface area contributed by atoms with Crippen LogP contribution in [-0.4, -0.2) is 48.8 Å². The first-order valence-corrected chi connectivity index (χ1v) is 11.3. The number of carbonyl (C=O) groups is 2. The number of hydrogen-bond donors (Lipinski definition) is 2. The highest BCUT2D eigenvalue weighted by Crippen LogP contribution is 2.26. The van der Waals surface area contributed by atoms with Gasteiger partial charge in [-0.3, -0.25) is 4.79 Å². The second-order valence-electron chi connectivity index (χ2n) is 6.70. The van der Waals surface area contributed by atoms with Gasteiger partial charge in [0, 0.05) is 25.4 Å². The first-order valence-electron chi connectivity index (χ1n) is 8.98. The fourth-order valence-corrected chi connectivity index (χ4v) is 5.85. The standard InChI is InChI=1S/C19H22N2O5S2/c22-18(20-16(19(23)24)13-14-5-2-1-3-6-14)15-8-10-21(11-9-15)28(25,26)17-7-4-12-27-17/h1-7,12,15-16H,8-11,13H2,(H,20,22)(H,23,24)/t16-/m0/s1. The molecule has 1 aromatic heterocycles. The second kappa shape index (κ2) is 8.85. The van der Waals surface area contributed by atoms with Crippen molar-refractivity contribution in [3.05, 3.63) is 53.4 Å². The SMILES string of the molecule is O=C(N[C@@H](Cc1ccccc1)C(=O)O)C1CCN(S(=O)(=O)c2cccs2)CC1. The Balaban J connectivity index is 1.57. The van der Waals surface area contributed by atoms with Crippen molar-refractivity contribution in [3.8, 4) is 0 Å². The highest BCUT2D eigenvalue weighted by atomic mass is 32.2. The first-order chi connectivity index (χ1) is 13.4. The Morgan fingerprint density at radius 1 is 1.14 bits per heavy atom. The number of benzene rings is 1. The molecule has 0 unspecified atom stereocenters. The number of hydrogen-bond acceptors (Lipinski definition) is 5. The predicted molar refractivity (Wildman–Crippen MR) is 106 cm³/mol. The van der Waals surface area contributed by atoms with Gasteiger partial charge in [-0.25, -0.2) is 13.2 Å². The molecule has 1 amide bonds. The lowest BCUT2D eigenvalue weighted by molar-refractivity contribution is -0.142. The molecule has 1 saturated heterocycles. The van der Waals surface area contributed by atoms with E-state index >= 15 is 0 Å². The molecule has 1 fully saturated rings. The molecular weight excluding hydrogens is 400 g/mol. The summed E-state index contributed by atoms with van der Waals surface area (Å²) < 4.78 is 26.8.